The van der Waals surface area contributed by atoms with E-state index in [0.29, 0.717) is 12.5 Å². The van der Waals surface area contributed by atoms with Gasteiger partial charge in [-0.25, -0.2) is 4.39 Å². The molecule has 1 amide bonds. The van der Waals surface area contributed by atoms with Gasteiger partial charge in [0.1, 0.15) is 5.82 Å². The van der Waals surface area contributed by atoms with Crippen LogP contribution in [0.15, 0.2) is 24.3 Å². The standard InChI is InChI=1S/C13H17FN2O/c14-12-3-1-10(2-4-12)11-5-7-16(8-6-11)9-13(15)17/h1-4,11H,5-9H2,(H2,15,17). The van der Waals surface area contributed by atoms with Crippen molar-refractivity contribution in [3.63, 3.8) is 0 Å². The second-order valence-corrected chi connectivity index (χ2v) is 4.57. The first-order valence-electron chi connectivity index (χ1n) is 5.91. The smallest absolute Gasteiger partial charge is 0.231 e. The number of primary amides is 1. The van der Waals surface area contributed by atoms with Crippen LogP contribution in [0, 0.1) is 5.82 Å². The Bertz CT molecular complexity index is 383. The molecule has 0 aromatic heterocycles. The number of nitrogens with zero attached hydrogens (tertiary/aromatic N) is 1. The maximum atomic E-state index is 12.8. The van der Waals surface area contributed by atoms with Crippen LogP contribution in [0.3, 0.4) is 0 Å². The van der Waals surface area contributed by atoms with E-state index in [4.69, 9.17) is 5.73 Å². The Morgan fingerprint density at radius 1 is 1.29 bits per heavy atom. The molecule has 1 aromatic carbocycles. The normalized spacial score (nSPS) is 18.2. The lowest BCUT2D eigenvalue weighted by Crippen LogP contribution is -2.39. The highest BCUT2D eigenvalue weighted by atomic mass is 19.1. The molecular formula is C13H17FN2O. The Hall–Kier alpha value is -1.42. The van der Waals surface area contributed by atoms with E-state index in [9.17, 15) is 9.18 Å². The first-order chi connectivity index (χ1) is 8.15. The molecule has 0 unspecified atom stereocenters. The summed E-state index contributed by atoms with van der Waals surface area (Å²) in [6.45, 7) is 2.10. The fourth-order valence-corrected chi connectivity index (χ4v) is 2.38. The largest absolute Gasteiger partial charge is 0.369 e. The molecular weight excluding hydrogens is 219 g/mol. The van der Waals surface area contributed by atoms with E-state index in [-0.39, 0.29) is 11.7 Å². The van der Waals surface area contributed by atoms with E-state index in [0.717, 1.165) is 25.9 Å². The van der Waals surface area contributed by atoms with Gasteiger partial charge in [0.05, 0.1) is 6.54 Å². The molecule has 4 heteroatoms. The summed E-state index contributed by atoms with van der Waals surface area (Å²) in [5, 5.41) is 0. The Labute approximate surface area is 100 Å². The third kappa shape index (κ3) is 3.27. The van der Waals surface area contributed by atoms with Crippen LogP contribution in [0.4, 0.5) is 4.39 Å². The number of likely N-dealkylation sites (tertiary alicyclic amines) is 1. The molecule has 1 saturated heterocycles. The fourth-order valence-electron chi connectivity index (χ4n) is 2.38. The predicted molar refractivity (Wildman–Crippen MR) is 64.0 cm³/mol. The quantitative estimate of drug-likeness (QED) is 0.864. The van der Waals surface area contributed by atoms with Gasteiger partial charge in [0, 0.05) is 0 Å². The van der Waals surface area contributed by atoms with E-state index in [2.05, 4.69) is 4.90 Å². The summed E-state index contributed by atoms with van der Waals surface area (Å²) in [4.78, 5) is 12.9. The zero-order chi connectivity index (χ0) is 12.3. The highest BCUT2D eigenvalue weighted by molar-refractivity contribution is 5.75. The second kappa shape index (κ2) is 5.27. The monoisotopic (exact) mass is 236 g/mol. The number of rotatable bonds is 3. The van der Waals surface area contributed by atoms with Gasteiger partial charge in [0.15, 0.2) is 0 Å². The third-order valence-electron chi connectivity index (χ3n) is 3.31. The van der Waals surface area contributed by atoms with Crippen molar-refractivity contribution in [2.24, 2.45) is 5.73 Å². The summed E-state index contributed by atoms with van der Waals surface area (Å²) in [7, 11) is 0. The van der Waals surface area contributed by atoms with Gasteiger partial charge in [-0.05, 0) is 49.5 Å². The van der Waals surface area contributed by atoms with E-state index < -0.39 is 0 Å². The molecule has 1 aliphatic rings. The van der Waals surface area contributed by atoms with Gasteiger partial charge in [0.25, 0.3) is 0 Å². The van der Waals surface area contributed by atoms with Crippen molar-refractivity contribution in [1.82, 2.24) is 4.90 Å². The fraction of sp³-hybridized carbons (Fsp3) is 0.462. The van der Waals surface area contributed by atoms with E-state index in [1.165, 1.54) is 17.7 Å². The van der Waals surface area contributed by atoms with Crippen molar-refractivity contribution < 1.29 is 9.18 Å². The van der Waals surface area contributed by atoms with Gasteiger partial charge >= 0.3 is 0 Å². The molecule has 0 radical (unpaired) electrons. The van der Waals surface area contributed by atoms with Gasteiger partial charge in [-0.3, -0.25) is 9.69 Å². The summed E-state index contributed by atoms with van der Waals surface area (Å²) in [5.74, 6) is 0.00451. The number of piperidine rings is 1. The van der Waals surface area contributed by atoms with E-state index in [1.54, 1.807) is 0 Å². The number of hydrogen-bond acceptors (Lipinski definition) is 2. The summed E-state index contributed by atoms with van der Waals surface area (Å²) < 4.78 is 12.8. The van der Waals surface area contributed by atoms with Crippen molar-refractivity contribution in [2.45, 2.75) is 18.8 Å². The maximum Gasteiger partial charge on any atom is 0.231 e. The lowest BCUT2D eigenvalue weighted by atomic mass is 9.89. The zero-order valence-corrected chi connectivity index (χ0v) is 9.73. The van der Waals surface area contributed by atoms with Crippen LogP contribution in [0.1, 0.15) is 24.3 Å². The number of carbonyl (C=O) groups is 1. The topological polar surface area (TPSA) is 46.3 Å². The van der Waals surface area contributed by atoms with Gasteiger partial charge in [-0.1, -0.05) is 12.1 Å². The van der Waals surface area contributed by atoms with Crippen LogP contribution in [0.5, 0.6) is 0 Å². The van der Waals surface area contributed by atoms with Gasteiger partial charge in [-0.2, -0.15) is 0 Å². The molecule has 0 atom stereocenters. The number of halogens is 1. The van der Waals surface area contributed by atoms with Crippen molar-refractivity contribution in [3.05, 3.63) is 35.6 Å². The summed E-state index contributed by atoms with van der Waals surface area (Å²) in [5.41, 5.74) is 6.35. The molecule has 17 heavy (non-hydrogen) atoms. The molecule has 2 rings (SSSR count). The number of benzene rings is 1. The summed E-state index contributed by atoms with van der Waals surface area (Å²) in [6.07, 6.45) is 2.00. The average Bonchev–Trinajstić information content (AvgIpc) is 2.30. The van der Waals surface area contributed by atoms with Crippen LogP contribution in [0.2, 0.25) is 0 Å². The van der Waals surface area contributed by atoms with E-state index in [1.807, 2.05) is 12.1 Å². The molecule has 1 aliphatic heterocycles. The van der Waals surface area contributed by atoms with Crippen LogP contribution >= 0.6 is 0 Å². The zero-order valence-electron chi connectivity index (χ0n) is 9.73. The Balaban J connectivity index is 1.90. The van der Waals surface area contributed by atoms with Crippen LogP contribution in [0.25, 0.3) is 0 Å². The van der Waals surface area contributed by atoms with Crippen LogP contribution in [-0.2, 0) is 4.79 Å². The molecule has 92 valence electrons. The molecule has 0 bridgehead atoms. The molecule has 0 aliphatic carbocycles. The van der Waals surface area contributed by atoms with Crippen LogP contribution in [-0.4, -0.2) is 30.4 Å². The SMILES string of the molecule is NC(=O)CN1CCC(c2ccc(F)cc2)CC1. The number of hydrogen-bond donors (Lipinski definition) is 1. The number of nitrogens with two attached hydrogens (primary N) is 1. The van der Waals surface area contributed by atoms with Gasteiger partial charge in [-0.15, -0.1) is 0 Å². The minimum Gasteiger partial charge on any atom is -0.369 e. The molecule has 2 N–H and O–H groups in total. The lowest BCUT2D eigenvalue weighted by Gasteiger charge is -2.31. The molecule has 1 aromatic rings. The highest BCUT2D eigenvalue weighted by Gasteiger charge is 2.21. The number of carbonyl (C=O) groups excluding carboxylic acids is 1. The van der Waals surface area contributed by atoms with Crippen molar-refractivity contribution in [3.8, 4) is 0 Å². The highest BCUT2D eigenvalue weighted by Crippen LogP contribution is 2.27. The second-order valence-electron chi connectivity index (χ2n) is 4.57. The molecule has 3 nitrogen and oxygen atoms in total. The molecule has 1 fully saturated rings. The first-order valence-corrected chi connectivity index (χ1v) is 5.91. The van der Waals surface area contributed by atoms with Gasteiger partial charge in [0.2, 0.25) is 5.91 Å². The number of amides is 1. The predicted octanol–water partition coefficient (Wildman–Crippen LogP) is 1.49. The molecule has 1 heterocycles. The Morgan fingerprint density at radius 2 is 1.88 bits per heavy atom. The average molecular weight is 236 g/mol. The lowest BCUT2D eigenvalue weighted by molar-refractivity contribution is -0.119. The minimum absolute atomic E-state index is 0.195. The summed E-state index contributed by atoms with van der Waals surface area (Å²) >= 11 is 0. The summed E-state index contributed by atoms with van der Waals surface area (Å²) in [6, 6.07) is 6.71. The van der Waals surface area contributed by atoms with Crippen molar-refractivity contribution >= 4 is 5.91 Å². The maximum absolute atomic E-state index is 12.8. The Morgan fingerprint density at radius 3 is 2.41 bits per heavy atom. The first kappa shape index (κ1) is 12.0. The molecule has 0 saturated carbocycles. The van der Waals surface area contributed by atoms with E-state index >= 15 is 0 Å². The van der Waals surface area contributed by atoms with Crippen molar-refractivity contribution in [2.75, 3.05) is 19.6 Å². The van der Waals surface area contributed by atoms with Gasteiger partial charge < -0.3 is 5.73 Å². The van der Waals surface area contributed by atoms with Crippen molar-refractivity contribution in [1.29, 1.82) is 0 Å². The Kier molecular flexibility index (Phi) is 3.74. The third-order valence-corrected chi connectivity index (χ3v) is 3.31. The molecule has 0 spiro atoms. The van der Waals surface area contributed by atoms with Crippen LogP contribution < -0.4 is 5.73 Å². The minimum atomic E-state index is -0.273.